The molecule has 2 aliphatic rings. The first kappa shape index (κ1) is 22.1. The Morgan fingerprint density at radius 3 is 2.29 bits per heavy atom. The van der Waals surface area contributed by atoms with Gasteiger partial charge in [0.15, 0.2) is 11.6 Å². The fourth-order valence-corrected chi connectivity index (χ4v) is 5.35. The number of benzene rings is 2. The predicted octanol–water partition coefficient (Wildman–Crippen LogP) is 2.06. The van der Waals surface area contributed by atoms with Crippen molar-refractivity contribution in [1.82, 2.24) is 20.1 Å². The van der Waals surface area contributed by atoms with Crippen molar-refractivity contribution in [3.05, 3.63) is 64.7 Å². The summed E-state index contributed by atoms with van der Waals surface area (Å²) >= 11 is 5.92. The van der Waals surface area contributed by atoms with Crippen LogP contribution in [0.2, 0.25) is 5.02 Å². The van der Waals surface area contributed by atoms with Crippen LogP contribution in [0.3, 0.4) is 0 Å². The van der Waals surface area contributed by atoms with Gasteiger partial charge in [-0.1, -0.05) is 23.7 Å². The number of piperazine rings is 1. The molecular weight excluding hydrogens is 450 g/mol. The van der Waals surface area contributed by atoms with Gasteiger partial charge in [-0.3, -0.25) is 4.79 Å². The second kappa shape index (κ2) is 8.79. The van der Waals surface area contributed by atoms with Gasteiger partial charge in [-0.05, 0) is 42.3 Å². The molecule has 2 heterocycles. The topological polar surface area (TPSA) is 81.8 Å². The molecule has 0 spiro atoms. The number of hydrogen-bond donors (Lipinski definition) is 2. The molecule has 1 amide bonds. The highest BCUT2D eigenvalue weighted by Crippen LogP contribution is 2.25. The number of sulfonamides is 1. The Morgan fingerprint density at radius 2 is 1.65 bits per heavy atom. The summed E-state index contributed by atoms with van der Waals surface area (Å²) in [5.41, 5.74) is 7.14. The molecular formula is C20H21ClF2N4O3S. The van der Waals surface area contributed by atoms with Crippen molar-refractivity contribution >= 4 is 27.5 Å². The molecule has 0 bridgehead atoms. The standard InChI is InChI=1S/C20H21ClF2N4O3S/c21-14-3-1-13(2-4-14)18-12-19(25-24-18)20(28)26-7-9-27(10-8-26)31(29,30)15-5-6-16(22)17(23)11-15/h1-6,11,18-19,24-25H,7-10,12H2. The Kier molecular flexibility index (Phi) is 6.27. The molecule has 2 unspecified atom stereocenters. The number of nitrogens with one attached hydrogen (secondary N) is 2. The lowest BCUT2D eigenvalue weighted by atomic mass is 10.0. The molecule has 166 valence electrons. The van der Waals surface area contributed by atoms with E-state index in [-0.39, 0.29) is 43.0 Å². The highest BCUT2D eigenvalue weighted by Gasteiger charge is 2.36. The van der Waals surface area contributed by atoms with Crippen molar-refractivity contribution in [2.45, 2.75) is 23.4 Å². The van der Waals surface area contributed by atoms with Crippen LogP contribution in [-0.2, 0) is 14.8 Å². The third-order valence-electron chi connectivity index (χ3n) is 5.55. The molecule has 7 nitrogen and oxygen atoms in total. The van der Waals surface area contributed by atoms with Crippen LogP contribution >= 0.6 is 11.6 Å². The summed E-state index contributed by atoms with van der Waals surface area (Å²) in [5.74, 6) is -2.44. The first-order valence-corrected chi connectivity index (χ1v) is 11.6. The molecule has 2 N–H and O–H groups in total. The van der Waals surface area contributed by atoms with Crippen LogP contribution in [0.1, 0.15) is 18.0 Å². The van der Waals surface area contributed by atoms with Crippen LogP contribution in [-0.4, -0.2) is 55.8 Å². The summed E-state index contributed by atoms with van der Waals surface area (Å²) in [6.07, 6.45) is 0.549. The number of hydrazine groups is 1. The van der Waals surface area contributed by atoms with Crippen LogP contribution in [0.4, 0.5) is 8.78 Å². The number of hydrogen-bond acceptors (Lipinski definition) is 5. The molecule has 0 saturated carbocycles. The third-order valence-corrected chi connectivity index (χ3v) is 7.70. The normalized spacial score (nSPS) is 22.6. The molecule has 2 saturated heterocycles. The lowest BCUT2D eigenvalue weighted by molar-refractivity contribution is -0.134. The van der Waals surface area contributed by atoms with Crippen LogP contribution in [0.25, 0.3) is 0 Å². The van der Waals surface area contributed by atoms with E-state index in [0.717, 1.165) is 17.7 Å². The van der Waals surface area contributed by atoms with Gasteiger partial charge in [0.05, 0.1) is 4.90 Å². The lowest BCUT2D eigenvalue weighted by Crippen LogP contribution is -2.54. The van der Waals surface area contributed by atoms with E-state index in [1.807, 2.05) is 12.1 Å². The summed E-state index contributed by atoms with van der Waals surface area (Å²) < 4.78 is 53.2. The van der Waals surface area contributed by atoms with Crippen molar-refractivity contribution in [2.24, 2.45) is 0 Å². The van der Waals surface area contributed by atoms with Crippen molar-refractivity contribution in [1.29, 1.82) is 0 Å². The minimum Gasteiger partial charge on any atom is -0.339 e. The van der Waals surface area contributed by atoms with Gasteiger partial charge in [0.2, 0.25) is 15.9 Å². The maximum Gasteiger partial charge on any atom is 0.243 e. The first-order valence-electron chi connectivity index (χ1n) is 9.76. The zero-order valence-electron chi connectivity index (χ0n) is 16.4. The number of rotatable bonds is 4. The highest BCUT2D eigenvalue weighted by atomic mass is 35.5. The lowest BCUT2D eigenvalue weighted by Gasteiger charge is -2.35. The monoisotopic (exact) mass is 470 g/mol. The number of nitrogens with zero attached hydrogens (tertiary/aromatic N) is 2. The van der Waals surface area contributed by atoms with Crippen LogP contribution in [0.5, 0.6) is 0 Å². The van der Waals surface area contributed by atoms with Gasteiger partial charge in [-0.2, -0.15) is 4.31 Å². The van der Waals surface area contributed by atoms with E-state index in [4.69, 9.17) is 11.6 Å². The van der Waals surface area contributed by atoms with E-state index >= 15 is 0 Å². The molecule has 2 aliphatic heterocycles. The predicted molar refractivity (Wildman–Crippen MR) is 111 cm³/mol. The molecule has 2 atom stereocenters. The van der Waals surface area contributed by atoms with Crippen LogP contribution in [0.15, 0.2) is 47.4 Å². The smallest absolute Gasteiger partial charge is 0.243 e. The van der Waals surface area contributed by atoms with Crippen LogP contribution in [0, 0.1) is 11.6 Å². The number of carbonyl (C=O) groups excluding carboxylic acids is 1. The van der Waals surface area contributed by atoms with Gasteiger partial charge in [0, 0.05) is 37.2 Å². The summed E-state index contributed by atoms with van der Waals surface area (Å²) in [5, 5.41) is 0.638. The number of halogens is 3. The average Bonchev–Trinajstić information content (AvgIpc) is 3.26. The van der Waals surface area contributed by atoms with Crippen molar-refractivity contribution in [3.8, 4) is 0 Å². The van der Waals surface area contributed by atoms with Crippen molar-refractivity contribution in [3.63, 3.8) is 0 Å². The molecule has 2 aromatic carbocycles. The summed E-state index contributed by atoms with van der Waals surface area (Å²) in [6.45, 7) is 0.582. The Bertz CT molecular complexity index is 1080. The molecule has 4 rings (SSSR count). The maximum atomic E-state index is 13.5. The summed E-state index contributed by atoms with van der Waals surface area (Å²) in [4.78, 5) is 14.2. The van der Waals surface area contributed by atoms with Crippen molar-refractivity contribution in [2.75, 3.05) is 26.2 Å². The maximum absolute atomic E-state index is 13.5. The number of carbonyl (C=O) groups is 1. The van der Waals surface area contributed by atoms with Gasteiger partial charge < -0.3 is 4.90 Å². The van der Waals surface area contributed by atoms with Crippen molar-refractivity contribution < 1.29 is 22.0 Å². The zero-order valence-corrected chi connectivity index (χ0v) is 18.0. The molecule has 2 fully saturated rings. The Hall–Kier alpha value is -2.11. The Balaban J connectivity index is 1.35. The Labute approximate surface area is 184 Å². The SMILES string of the molecule is O=C(C1CC(c2ccc(Cl)cc2)NN1)N1CCN(S(=O)(=O)c2ccc(F)c(F)c2)CC1. The quantitative estimate of drug-likeness (QED) is 0.715. The number of amides is 1. The van der Waals surface area contributed by atoms with Gasteiger partial charge >= 0.3 is 0 Å². The van der Waals surface area contributed by atoms with Gasteiger partial charge in [0.25, 0.3) is 0 Å². The van der Waals surface area contributed by atoms with E-state index in [2.05, 4.69) is 10.9 Å². The van der Waals surface area contributed by atoms with E-state index in [9.17, 15) is 22.0 Å². The first-order chi connectivity index (χ1) is 14.8. The van der Waals surface area contributed by atoms with E-state index < -0.39 is 27.7 Å². The summed E-state index contributed by atoms with van der Waals surface area (Å²) in [7, 11) is -3.97. The zero-order chi connectivity index (χ0) is 22.2. The van der Waals surface area contributed by atoms with E-state index in [1.54, 1.807) is 17.0 Å². The van der Waals surface area contributed by atoms with E-state index in [0.29, 0.717) is 17.5 Å². The minimum atomic E-state index is -3.97. The third kappa shape index (κ3) is 4.58. The molecule has 0 aliphatic carbocycles. The largest absolute Gasteiger partial charge is 0.339 e. The fourth-order valence-electron chi connectivity index (χ4n) is 3.79. The van der Waals surface area contributed by atoms with E-state index in [1.165, 1.54) is 4.31 Å². The second-order valence-corrected chi connectivity index (χ2v) is 9.86. The Morgan fingerprint density at radius 1 is 0.968 bits per heavy atom. The molecule has 31 heavy (non-hydrogen) atoms. The molecule has 0 radical (unpaired) electrons. The average molecular weight is 471 g/mol. The molecule has 11 heteroatoms. The molecule has 2 aromatic rings. The summed E-state index contributed by atoms with van der Waals surface area (Å²) in [6, 6.07) is 9.41. The van der Waals surface area contributed by atoms with Gasteiger partial charge in [-0.15, -0.1) is 0 Å². The van der Waals surface area contributed by atoms with Gasteiger partial charge in [-0.25, -0.2) is 28.1 Å². The molecule has 0 aromatic heterocycles. The minimum absolute atomic E-state index is 0.0405. The highest BCUT2D eigenvalue weighted by molar-refractivity contribution is 7.89. The van der Waals surface area contributed by atoms with Crippen LogP contribution < -0.4 is 10.9 Å². The fraction of sp³-hybridized carbons (Fsp3) is 0.350. The second-order valence-electron chi connectivity index (χ2n) is 7.49. The van der Waals surface area contributed by atoms with Gasteiger partial charge in [0.1, 0.15) is 6.04 Å².